The first-order chi connectivity index (χ1) is 13.0. The summed E-state index contributed by atoms with van der Waals surface area (Å²) in [5.74, 6) is -1.06. The number of thiocarbonyl (C=S) groups is 1. The molecule has 1 heterocycles. The van der Waals surface area contributed by atoms with Crippen LogP contribution in [0, 0.1) is 11.7 Å². The number of carbonyl (C=O) groups excluding carboxylic acids is 1. The quantitative estimate of drug-likeness (QED) is 0.622. The SMILES string of the molecule is O=C(NC(=S)NC1(c2ccc(F)c(Br)c2)COCC1CO)c1ccccc1. The molecule has 2 aromatic carbocycles. The topological polar surface area (TPSA) is 70.6 Å². The number of benzene rings is 2. The van der Waals surface area contributed by atoms with E-state index in [1.807, 2.05) is 6.07 Å². The van der Waals surface area contributed by atoms with Gasteiger partial charge < -0.3 is 15.2 Å². The van der Waals surface area contributed by atoms with Gasteiger partial charge in [0, 0.05) is 11.5 Å². The van der Waals surface area contributed by atoms with Crippen molar-refractivity contribution in [3.8, 4) is 0 Å². The minimum atomic E-state index is -0.883. The van der Waals surface area contributed by atoms with E-state index in [0.717, 1.165) is 0 Å². The van der Waals surface area contributed by atoms with Gasteiger partial charge in [0.15, 0.2) is 5.11 Å². The molecule has 27 heavy (non-hydrogen) atoms. The van der Waals surface area contributed by atoms with Gasteiger partial charge in [-0.2, -0.15) is 0 Å². The molecule has 1 fully saturated rings. The van der Waals surface area contributed by atoms with Crippen LogP contribution in [0.3, 0.4) is 0 Å². The first kappa shape index (κ1) is 19.9. The lowest BCUT2D eigenvalue weighted by atomic mass is 9.81. The maximum Gasteiger partial charge on any atom is 0.257 e. The molecule has 3 N–H and O–H groups in total. The van der Waals surface area contributed by atoms with Crippen molar-refractivity contribution in [2.75, 3.05) is 19.8 Å². The van der Waals surface area contributed by atoms with E-state index >= 15 is 0 Å². The summed E-state index contributed by atoms with van der Waals surface area (Å²) in [5.41, 5.74) is 0.289. The van der Waals surface area contributed by atoms with Gasteiger partial charge in [-0.3, -0.25) is 10.1 Å². The lowest BCUT2D eigenvalue weighted by Crippen LogP contribution is -2.55. The fourth-order valence-corrected chi connectivity index (χ4v) is 3.79. The van der Waals surface area contributed by atoms with Crippen molar-refractivity contribution in [3.63, 3.8) is 0 Å². The van der Waals surface area contributed by atoms with Crippen LogP contribution >= 0.6 is 28.1 Å². The largest absolute Gasteiger partial charge is 0.396 e. The van der Waals surface area contributed by atoms with Crippen LogP contribution in [0.25, 0.3) is 0 Å². The highest BCUT2D eigenvalue weighted by atomic mass is 79.9. The van der Waals surface area contributed by atoms with E-state index in [1.54, 1.807) is 36.4 Å². The Labute approximate surface area is 170 Å². The maximum atomic E-state index is 13.7. The van der Waals surface area contributed by atoms with E-state index in [-0.39, 0.29) is 30.2 Å². The Balaban J connectivity index is 1.85. The van der Waals surface area contributed by atoms with Crippen LogP contribution in [-0.4, -0.2) is 35.9 Å². The molecule has 2 aromatic rings. The number of nitrogens with one attached hydrogen (secondary N) is 2. The lowest BCUT2D eigenvalue weighted by Gasteiger charge is -2.35. The first-order valence-corrected chi connectivity index (χ1v) is 9.49. The second kappa shape index (κ2) is 8.43. The average molecular weight is 453 g/mol. The molecule has 0 saturated carbocycles. The molecule has 0 aromatic heterocycles. The summed E-state index contributed by atoms with van der Waals surface area (Å²) in [6.45, 7) is 0.378. The lowest BCUT2D eigenvalue weighted by molar-refractivity contribution is 0.0974. The molecule has 1 aliphatic rings. The van der Waals surface area contributed by atoms with Crippen LogP contribution in [0.1, 0.15) is 15.9 Å². The number of amides is 1. The zero-order chi connectivity index (χ0) is 19.4. The molecule has 142 valence electrons. The van der Waals surface area contributed by atoms with Crippen molar-refractivity contribution in [2.45, 2.75) is 5.54 Å². The second-order valence-corrected chi connectivity index (χ2v) is 7.53. The van der Waals surface area contributed by atoms with E-state index in [4.69, 9.17) is 17.0 Å². The van der Waals surface area contributed by atoms with Crippen LogP contribution in [0.5, 0.6) is 0 Å². The normalized spacial score (nSPS) is 21.7. The number of halogens is 2. The van der Waals surface area contributed by atoms with Crippen molar-refractivity contribution >= 4 is 39.2 Å². The molecule has 2 atom stereocenters. The maximum absolute atomic E-state index is 13.7. The van der Waals surface area contributed by atoms with Crippen LogP contribution in [-0.2, 0) is 10.3 Å². The van der Waals surface area contributed by atoms with Gasteiger partial charge in [0.1, 0.15) is 5.82 Å². The van der Waals surface area contributed by atoms with Crippen LogP contribution in [0.15, 0.2) is 53.0 Å². The number of hydrogen-bond acceptors (Lipinski definition) is 4. The summed E-state index contributed by atoms with van der Waals surface area (Å²) in [6, 6.07) is 13.3. The highest BCUT2D eigenvalue weighted by Gasteiger charge is 2.46. The van der Waals surface area contributed by atoms with Crippen molar-refractivity contribution in [1.82, 2.24) is 10.6 Å². The Hall–Kier alpha value is -1.87. The number of hydrogen-bond donors (Lipinski definition) is 3. The summed E-state index contributed by atoms with van der Waals surface area (Å²) in [4.78, 5) is 12.3. The number of ether oxygens (including phenoxy) is 1. The van der Waals surface area contributed by atoms with Crippen molar-refractivity contribution in [3.05, 3.63) is 69.9 Å². The fraction of sp³-hybridized carbons (Fsp3) is 0.263. The molecule has 2 unspecified atom stereocenters. The Bertz CT molecular complexity index is 852. The number of carbonyl (C=O) groups is 1. The van der Waals surface area contributed by atoms with Crippen LogP contribution < -0.4 is 10.6 Å². The van der Waals surface area contributed by atoms with E-state index < -0.39 is 11.4 Å². The fourth-order valence-electron chi connectivity index (χ4n) is 3.13. The van der Waals surface area contributed by atoms with E-state index in [2.05, 4.69) is 26.6 Å². The van der Waals surface area contributed by atoms with Gasteiger partial charge in [-0.1, -0.05) is 24.3 Å². The highest BCUT2D eigenvalue weighted by Crippen LogP contribution is 2.37. The molecular formula is C19H18BrFN2O3S. The van der Waals surface area contributed by atoms with Gasteiger partial charge in [0.05, 0.1) is 29.8 Å². The minimum absolute atomic E-state index is 0.105. The van der Waals surface area contributed by atoms with Gasteiger partial charge in [0.25, 0.3) is 5.91 Å². The molecule has 0 aliphatic carbocycles. The molecule has 8 heteroatoms. The highest BCUT2D eigenvalue weighted by molar-refractivity contribution is 9.10. The van der Waals surface area contributed by atoms with Crippen molar-refractivity contribution < 1.29 is 19.0 Å². The molecule has 1 aliphatic heterocycles. The second-order valence-electron chi connectivity index (χ2n) is 6.27. The smallest absolute Gasteiger partial charge is 0.257 e. The summed E-state index contributed by atoms with van der Waals surface area (Å²) >= 11 is 8.52. The van der Waals surface area contributed by atoms with Gasteiger partial charge >= 0.3 is 0 Å². The Kier molecular flexibility index (Phi) is 6.21. The predicted octanol–water partition coefficient (Wildman–Crippen LogP) is 2.73. The summed E-state index contributed by atoms with van der Waals surface area (Å²) in [6.07, 6.45) is 0. The molecule has 1 amide bonds. The van der Waals surface area contributed by atoms with Crippen molar-refractivity contribution in [1.29, 1.82) is 0 Å². The van der Waals surface area contributed by atoms with Gasteiger partial charge in [-0.15, -0.1) is 0 Å². The molecule has 5 nitrogen and oxygen atoms in total. The van der Waals surface area contributed by atoms with Gasteiger partial charge in [-0.05, 0) is 58.0 Å². The number of aliphatic hydroxyl groups excluding tert-OH is 1. The van der Waals surface area contributed by atoms with Crippen molar-refractivity contribution in [2.24, 2.45) is 5.92 Å². The monoisotopic (exact) mass is 452 g/mol. The summed E-state index contributed by atoms with van der Waals surface area (Å²) < 4.78 is 19.6. The number of aliphatic hydroxyl groups is 1. The van der Waals surface area contributed by atoms with Crippen LogP contribution in [0.4, 0.5) is 4.39 Å². The van der Waals surface area contributed by atoms with E-state index in [0.29, 0.717) is 22.2 Å². The average Bonchev–Trinajstić information content (AvgIpc) is 3.08. The Morgan fingerprint density at radius 1 is 1.33 bits per heavy atom. The third-order valence-electron chi connectivity index (χ3n) is 4.60. The van der Waals surface area contributed by atoms with Gasteiger partial charge in [-0.25, -0.2) is 4.39 Å². The Morgan fingerprint density at radius 2 is 2.07 bits per heavy atom. The molecule has 3 rings (SSSR count). The third-order valence-corrected chi connectivity index (χ3v) is 5.41. The minimum Gasteiger partial charge on any atom is -0.396 e. The zero-order valence-electron chi connectivity index (χ0n) is 14.2. The Morgan fingerprint density at radius 3 is 2.74 bits per heavy atom. The zero-order valence-corrected chi connectivity index (χ0v) is 16.6. The molecular weight excluding hydrogens is 435 g/mol. The third kappa shape index (κ3) is 4.19. The van der Waals surface area contributed by atoms with E-state index in [1.165, 1.54) is 6.07 Å². The molecule has 1 saturated heterocycles. The van der Waals surface area contributed by atoms with Crippen LogP contribution in [0.2, 0.25) is 0 Å². The number of rotatable bonds is 4. The van der Waals surface area contributed by atoms with Gasteiger partial charge in [0.2, 0.25) is 0 Å². The summed E-state index contributed by atoms with van der Waals surface area (Å²) in [7, 11) is 0. The summed E-state index contributed by atoms with van der Waals surface area (Å²) in [5, 5.41) is 15.7. The predicted molar refractivity (Wildman–Crippen MR) is 107 cm³/mol. The standard InChI is InChI=1S/C19H18BrFN2O3S/c20-15-8-13(6-7-16(15)21)19(11-26-10-14(19)9-24)23-18(27)22-17(25)12-4-2-1-3-5-12/h1-8,14,24H,9-11H2,(H2,22,23,25,27). The molecule has 0 spiro atoms. The van der Waals surface area contributed by atoms with E-state index in [9.17, 15) is 14.3 Å². The molecule has 0 bridgehead atoms. The first-order valence-electron chi connectivity index (χ1n) is 8.29. The molecule has 0 radical (unpaired) electrons.